The van der Waals surface area contributed by atoms with Crippen molar-refractivity contribution < 1.29 is 23.7 Å². The van der Waals surface area contributed by atoms with Crippen LogP contribution in [0, 0.1) is 0 Å². The summed E-state index contributed by atoms with van der Waals surface area (Å²) in [6.07, 6.45) is 1.80. The summed E-state index contributed by atoms with van der Waals surface area (Å²) in [6, 6.07) is 9.45. The molecular weight excluding hydrogens is 380 g/mol. The summed E-state index contributed by atoms with van der Waals surface area (Å²) >= 11 is 1.37. The van der Waals surface area contributed by atoms with Crippen LogP contribution in [0.4, 0.5) is 5.69 Å². The first kappa shape index (κ1) is 18.1. The molecular formula is C20H18N2O5S. The lowest BCUT2D eigenvalue weighted by Gasteiger charge is -2.12. The molecule has 4 rings (SSSR count). The molecule has 0 radical (unpaired) electrons. The van der Waals surface area contributed by atoms with Crippen molar-refractivity contribution >= 4 is 23.1 Å². The molecule has 3 aromatic rings. The first-order chi connectivity index (χ1) is 13.6. The Kier molecular flexibility index (Phi) is 4.79. The first-order valence-electron chi connectivity index (χ1n) is 8.49. The van der Waals surface area contributed by atoms with Crippen molar-refractivity contribution in [3.63, 3.8) is 0 Å². The van der Waals surface area contributed by atoms with Crippen LogP contribution in [0.5, 0.6) is 23.0 Å². The van der Waals surface area contributed by atoms with Gasteiger partial charge in [0.2, 0.25) is 18.4 Å². The molecule has 0 atom stereocenters. The highest BCUT2D eigenvalue weighted by Gasteiger charge is 2.22. The van der Waals surface area contributed by atoms with Gasteiger partial charge in [-0.05, 0) is 41.4 Å². The lowest BCUT2D eigenvalue weighted by atomic mass is 10.0. The molecule has 8 heteroatoms. The molecule has 1 aromatic heterocycles. The Morgan fingerprint density at radius 1 is 1.11 bits per heavy atom. The van der Waals surface area contributed by atoms with Crippen molar-refractivity contribution in [2.75, 3.05) is 26.3 Å². The number of rotatable bonds is 5. The molecule has 1 aliphatic rings. The van der Waals surface area contributed by atoms with E-state index in [2.05, 4.69) is 9.69 Å². The third-order valence-corrected chi connectivity index (χ3v) is 5.16. The smallest absolute Gasteiger partial charge is 0.231 e. The van der Waals surface area contributed by atoms with Gasteiger partial charge in [-0.2, -0.15) is 4.37 Å². The molecule has 28 heavy (non-hydrogen) atoms. The highest BCUT2D eigenvalue weighted by molar-refractivity contribution is 7.10. The number of carbonyl (C=O) groups excluding carboxylic acids is 1. The number of nitrogens with zero attached hydrogens (tertiary/aromatic N) is 1. The van der Waals surface area contributed by atoms with E-state index in [0.29, 0.717) is 28.7 Å². The second-order valence-corrected chi connectivity index (χ2v) is 6.88. The van der Waals surface area contributed by atoms with Crippen LogP contribution in [0.1, 0.15) is 6.92 Å². The van der Waals surface area contributed by atoms with Gasteiger partial charge >= 0.3 is 0 Å². The number of methoxy groups -OCH3 is 2. The van der Waals surface area contributed by atoms with Gasteiger partial charge in [-0.1, -0.05) is 6.07 Å². The average molecular weight is 398 g/mol. The van der Waals surface area contributed by atoms with E-state index in [0.717, 1.165) is 21.6 Å². The number of hydrogen-bond acceptors (Lipinski definition) is 7. The van der Waals surface area contributed by atoms with Gasteiger partial charge in [0.05, 0.1) is 24.8 Å². The molecule has 1 aliphatic heterocycles. The Labute approximate surface area is 166 Å². The monoisotopic (exact) mass is 398 g/mol. The molecule has 144 valence electrons. The maximum Gasteiger partial charge on any atom is 0.231 e. The number of hydrogen-bond donors (Lipinski definition) is 1. The number of nitrogens with one attached hydrogen (secondary N) is 1. The minimum Gasteiger partial charge on any atom is -0.495 e. The number of benzene rings is 2. The second kappa shape index (κ2) is 7.40. The molecule has 0 bridgehead atoms. The number of anilines is 1. The Bertz CT molecular complexity index is 1050. The number of aromatic nitrogens is 1. The van der Waals surface area contributed by atoms with E-state index in [-0.39, 0.29) is 12.7 Å². The topological polar surface area (TPSA) is 78.9 Å². The number of amides is 1. The van der Waals surface area contributed by atoms with Gasteiger partial charge in [-0.15, -0.1) is 0 Å². The van der Waals surface area contributed by atoms with Gasteiger partial charge in [0, 0.05) is 24.2 Å². The maximum absolute atomic E-state index is 11.5. The number of fused-ring (bicyclic) bond motifs is 1. The van der Waals surface area contributed by atoms with Crippen LogP contribution in [-0.2, 0) is 4.79 Å². The summed E-state index contributed by atoms with van der Waals surface area (Å²) in [7, 11) is 3.16. The molecule has 1 N–H and O–H groups in total. The van der Waals surface area contributed by atoms with Gasteiger partial charge in [0.1, 0.15) is 5.75 Å². The van der Waals surface area contributed by atoms with E-state index in [1.54, 1.807) is 20.4 Å². The van der Waals surface area contributed by atoms with Crippen molar-refractivity contribution in [3.8, 4) is 44.6 Å². The predicted molar refractivity (Wildman–Crippen MR) is 107 cm³/mol. The van der Waals surface area contributed by atoms with Crippen molar-refractivity contribution in [2.24, 2.45) is 0 Å². The Balaban J connectivity index is 1.80. The van der Waals surface area contributed by atoms with E-state index < -0.39 is 0 Å². The summed E-state index contributed by atoms with van der Waals surface area (Å²) in [5.41, 5.74) is 3.36. The van der Waals surface area contributed by atoms with Crippen LogP contribution in [0.2, 0.25) is 0 Å². The molecule has 0 saturated carbocycles. The number of carbonyl (C=O) groups is 1. The molecule has 7 nitrogen and oxygen atoms in total. The lowest BCUT2D eigenvalue weighted by Crippen LogP contribution is -2.07. The maximum atomic E-state index is 11.5. The largest absolute Gasteiger partial charge is 0.495 e. The quantitative estimate of drug-likeness (QED) is 0.695. The molecule has 0 spiro atoms. The molecule has 0 unspecified atom stereocenters. The van der Waals surface area contributed by atoms with E-state index in [1.165, 1.54) is 18.5 Å². The van der Waals surface area contributed by atoms with Crippen LogP contribution in [0.3, 0.4) is 0 Å². The van der Waals surface area contributed by atoms with Gasteiger partial charge in [0.15, 0.2) is 11.5 Å². The predicted octanol–water partition coefficient (Wildman–Crippen LogP) is 4.18. The van der Waals surface area contributed by atoms with Crippen molar-refractivity contribution in [1.29, 1.82) is 0 Å². The van der Waals surface area contributed by atoms with Crippen LogP contribution < -0.4 is 24.3 Å². The zero-order valence-electron chi connectivity index (χ0n) is 15.6. The first-order valence-corrected chi connectivity index (χ1v) is 9.26. The summed E-state index contributed by atoms with van der Waals surface area (Å²) in [5, 5.41) is 2.80. The fourth-order valence-corrected chi connectivity index (χ4v) is 3.83. The van der Waals surface area contributed by atoms with Crippen LogP contribution in [0.15, 0.2) is 36.5 Å². The number of ether oxygens (including phenoxy) is 4. The molecule has 1 amide bonds. The van der Waals surface area contributed by atoms with E-state index in [1.807, 2.05) is 30.3 Å². The van der Waals surface area contributed by atoms with Crippen LogP contribution in [-0.4, -0.2) is 31.3 Å². The summed E-state index contributed by atoms with van der Waals surface area (Å²) in [6.45, 7) is 1.63. The minimum absolute atomic E-state index is 0.167. The highest BCUT2D eigenvalue weighted by atomic mass is 32.1. The van der Waals surface area contributed by atoms with Crippen molar-refractivity contribution in [3.05, 3.63) is 36.5 Å². The fourth-order valence-electron chi connectivity index (χ4n) is 3.08. The van der Waals surface area contributed by atoms with Gasteiger partial charge in [0.25, 0.3) is 0 Å². The van der Waals surface area contributed by atoms with Gasteiger partial charge in [-0.25, -0.2) is 0 Å². The zero-order chi connectivity index (χ0) is 19.7. The van der Waals surface area contributed by atoms with Gasteiger partial charge in [-0.3, -0.25) is 4.79 Å². The van der Waals surface area contributed by atoms with Gasteiger partial charge < -0.3 is 24.3 Å². The summed E-state index contributed by atoms with van der Waals surface area (Å²) in [4.78, 5) is 12.5. The van der Waals surface area contributed by atoms with Crippen molar-refractivity contribution in [1.82, 2.24) is 4.37 Å². The standard InChI is InChI=1S/C20H18N2O5S/c1-11(23)22-15-6-12(4-5-16(15)24-2)14-9-21-28-20(14)13-7-17(25-3)19-18(8-13)26-10-27-19/h4-9H,10H2,1-3H3,(H,22,23). The molecule has 2 aromatic carbocycles. The fraction of sp³-hybridized carbons (Fsp3) is 0.200. The Hall–Kier alpha value is -3.26. The summed E-state index contributed by atoms with van der Waals surface area (Å²) in [5.74, 6) is 2.28. The molecule has 0 fully saturated rings. The minimum atomic E-state index is -0.167. The zero-order valence-corrected chi connectivity index (χ0v) is 16.4. The summed E-state index contributed by atoms with van der Waals surface area (Å²) < 4.78 is 26.2. The Morgan fingerprint density at radius 2 is 1.93 bits per heavy atom. The van der Waals surface area contributed by atoms with Crippen molar-refractivity contribution in [2.45, 2.75) is 6.92 Å². The Morgan fingerprint density at radius 3 is 2.68 bits per heavy atom. The highest BCUT2D eigenvalue weighted by Crippen LogP contribution is 2.47. The van der Waals surface area contributed by atoms with E-state index in [4.69, 9.17) is 18.9 Å². The normalized spacial score (nSPS) is 12.0. The molecule has 0 aliphatic carbocycles. The molecule has 2 heterocycles. The van der Waals surface area contributed by atoms with Crippen LogP contribution >= 0.6 is 11.5 Å². The molecule has 0 saturated heterocycles. The third-order valence-electron chi connectivity index (χ3n) is 4.31. The second-order valence-electron chi connectivity index (χ2n) is 6.08. The third kappa shape index (κ3) is 3.22. The van der Waals surface area contributed by atoms with Crippen LogP contribution in [0.25, 0.3) is 21.6 Å². The lowest BCUT2D eigenvalue weighted by molar-refractivity contribution is -0.114. The average Bonchev–Trinajstić information content (AvgIpc) is 3.35. The SMILES string of the molecule is COc1ccc(-c2cnsc2-c2cc(OC)c3c(c2)OCO3)cc1NC(C)=O. The van der Waals surface area contributed by atoms with E-state index >= 15 is 0 Å². The van der Waals surface area contributed by atoms with E-state index in [9.17, 15) is 4.79 Å².